The lowest BCUT2D eigenvalue weighted by Crippen LogP contribution is -2.17. The molecule has 2 N–H and O–H groups in total. The summed E-state index contributed by atoms with van der Waals surface area (Å²) in [5, 5.41) is 1.42. The number of thioether (sulfide) groups is 1. The van der Waals surface area contributed by atoms with Gasteiger partial charge in [0.1, 0.15) is 0 Å². The zero-order valence-electron chi connectivity index (χ0n) is 9.12. The lowest BCUT2D eigenvalue weighted by molar-refractivity contribution is 0.100. The Hall–Kier alpha value is -0.220. The molecule has 1 aromatic rings. The summed E-state index contributed by atoms with van der Waals surface area (Å²) in [7, 11) is 0. The fourth-order valence-electron chi connectivity index (χ4n) is 1.78. The molecule has 0 aliphatic carbocycles. The molecule has 1 fully saturated rings. The molecule has 0 amide bonds. The monoisotopic (exact) mass is 257 g/mol. The molecule has 4 heteroatoms. The number of rotatable bonds is 3. The van der Waals surface area contributed by atoms with E-state index in [1.807, 2.05) is 30.0 Å². The fourth-order valence-corrected chi connectivity index (χ4v) is 3.30. The van der Waals surface area contributed by atoms with E-state index in [0.29, 0.717) is 11.8 Å². The van der Waals surface area contributed by atoms with Gasteiger partial charge in [0.25, 0.3) is 0 Å². The summed E-state index contributed by atoms with van der Waals surface area (Å²) in [4.78, 5) is 1.22. The van der Waals surface area contributed by atoms with Gasteiger partial charge >= 0.3 is 0 Å². The predicted molar refractivity (Wildman–Crippen MR) is 69.0 cm³/mol. The van der Waals surface area contributed by atoms with Gasteiger partial charge in [-0.25, -0.2) is 0 Å². The third-order valence-corrected chi connectivity index (χ3v) is 4.38. The number of hydrogen-bond acceptors (Lipinski definition) is 3. The van der Waals surface area contributed by atoms with Crippen LogP contribution in [0.5, 0.6) is 0 Å². The van der Waals surface area contributed by atoms with Gasteiger partial charge in [-0.15, -0.1) is 11.8 Å². The molecule has 0 bridgehead atoms. The molecule has 2 nitrogen and oxygen atoms in total. The van der Waals surface area contributed by atoms with Crippen molar-refractivity contribution >= 4 is 23.4 Å². The van der Waals surface area contributed by atoms with Crippen LogP contribution in [0.2, 0.25) is 5.02 Å². The second-order valence-corrected chi connectivity index (χ2v) is 5.66. The Labute approximate surface area is 105 Å². The molecule has 1 aliphatic heterocycles. The van der Waals surface area contributed by atoms with Crippen molar-refractivity contribution in [1.29, 1.82) is 0 Å². The topological polar surface area (TPSA) is 35.2 Å². The van der Waals surface area contributed by atoms with Gasteiger partial charge in [0.2, 0.25) is 0 Å². The van der Waals surface area contributed by atoms with Gasteiger partial charge < -0.3 is 10.5 Å². The normalized spacial score (nSPS) is 17.6. The Balaban J connectivity index is 2.09. The van der Waals surface area contributed by atoms with E-state index in [0.717, 1.165) is 31.1 Å². The van der Waals surface area contributed by atoms with Gasteiger partial charge in [-0.3, -0.25) is 0 Å². The first-order chi connectivity index (χ1) is 7.79. The first kappa shape index (κ1) is 12.2. The number of halogens is 1. The van der Waals surface area contributed by atoms with E-state index >= 15 is 0 Å². The lowest BCUT2D eigenvalue weighted by atomic mass is 10.2. The highest BCUT2D eigenvalue weighted by atomic mass is 35.5. The molecule has 0 radical (unpaired) electrons. The summed E-state index contributed by atoms with van der Waals surface area (Å²) in [5.74, 6) is 0. The van der Waals surface area contributed by atoms with Crippen molar-refractivity contribution in [2.75, 3.05) is 13.2 Å². The zero-order chi connectivity index (χ0) is 11.4. The number of hydrogen-bond donors (Lipinski definition) is 1. The average Bonchev–Trinajstić information content (AvgIpc) is 2.31. The van der Waals surface area contributed by atoms with Crippen LogP contribution in [0.15, 0.2) is 23.1 Å². The summed E-state index contributed by atoms with van der Waals surface area (Å²) in [6, 6.07) is 5.94. The minimum absolute atomic E-state index is 0.572. The van der Waals surface area contributed by atoms with Gasteiger partial charge in [-0.1, -0.05) is 17.7 Å². The summed E-state index contributed by atoms with van der Waals surface area (Å²) in [5.41, 5.74) is 6.91. The first-order valence-electron chi connectivity index (χ1n) is 5.52. The number of nitrogens with two attached hydrogens (primary N) is 1. The second-order valence-electron chi connectivity index (χ2n) is 3.89. The molecular weight excluding hydrogens is 242 g/mol. The molecule has 0 aromatic heterocycles. The van der Waals surface area contributed by atoms with Crippen molar-refractivity contribution < 1.29 is 4.74 Å². The van der Waals surface area contributed by atoms with Gasteiger partial charge in [0.05, 0.1) is 0 Å². The van der Waals surface area contributed by atoms with Gasteiger partial charge in [-0.2, -0.15) is 0 Å². The largest absolute Gasteiger partial charge is 0.381 e. The Morgan fingerprint density at radius 2 is 2.12 bits per heavy atom. The molecule has 0 saturated carbocycles. The Morgan fingerprint density at radius 1 is 1.38 bits per heavy atom. The second kappa shape index (κ2) is 5.92. The summed E-state index contributed by atoms with van der Waals surface area (Å²) < 4.78 is 5.35. The summed E-state index contributed by atoms with van der Waals surface area (Å²) in [6.07, 6.45) is 2.22. The fraction of sp³-hybridized carbons (Fsp3) is 0.500. The average molecular weight is 258 g/mol. The van der Waals surface area contributed by atoms with E-state index in [1.54, 1.807) is 0 Å². The van der Waals surface area contributed by atoms with Crippen LogP contribution < -0.4 is 5.73 Å². The van der Waals surface area contributed by atoms with Gasteiger partial charge in [0.15, 0.2) is 0 Å². The van der Waals surface area contributed by atoms with Crippen molar-refractivity contribution in [3.63, 3.8) is 0 Å². The van der Waals surface area contributed by atoms with Gasteiger partial charge in [-0.05, 0) is 30.5 Å². The molecular formula is C12H16ClNOS. The van der Waals surface area contributed by atoms with Gasteiger partial charge in [0, 0.05) is 34.9 Å². The molecule has 16 heavy (non-hydrogen) atoms. The number of benzene rings is 1. The molecule has 2 rings (SSSR count). The van der Waals surface area contributed by atoms with Crippen LogP contribution in [0, 0.1) is 0 Å². The quantitative estimate of drug-likeness (QED) is 0.904. The van der Waals surface area contributed by atoms with E-state index in [1.165, 1.54) is 10.5 Å². The molecule has 1 saturated heterocycles. The van der Waals surface area contributed by atoms with E-state index in [2.05, 4.69) is 0 Å². The van der Waals surface area contributed by atoms with E-state index < -0.39 is 0 Å². The molecule has 1 aliphatic rings. The molecule has 1 heterocycles. The maximum Gasteiger partial charge on any atom is 0.0476 e. The van der Waals surface area contributed by atoms with Crippen LogP contribution in [0.4, 0.5) is 0 Å². The van der Waals surface area contributed by atoms with Crippen molar-refractivity contribution in [2.45, 2.75) is 29.5 Å². The van der Waals surface area contributed by atoms with E-state index in [4.69, 9.17) is 22.1 Å². The van der Waals surface area contributed by atoms with E-state index in [9.17, 15) is 0 Å². The third kappa shape index (κ3) is 3.14. The maximum atomic E-state index is 6.01. The van der Waals surface area contributed by atoms with Crippen molar-refractivity contribution in [1.82, 2.24) is 0 Å². The zero-order valence-corrected chi connectivity index (χ0v) is 10.7. The van der Waals surface area contributed by atoms with Crippen LogP contribution >= 0.6 is 23.4 Å². The highest BCUT2D eigenvalue weighted by molar-refractivity contribution is 8.00. The minimum Gasteiger partial charge on any atom is -0.381 e. The molecule has 0 unspecified atom stereocenters. The Bertz CT molecular complexity index is 353. The predicted octanol–water partition coefficient (Wildman–Crippen LogP) is 3.07. The maximum absolute atomic E-state index is 6.01. The standard InChI is InChI=1S/C12H16ClNOS/c13-10-2-1-9(8-14)12(7-10)16-11-3-5-15-6-4-11/h1-2,7,11H,3-6,8,14H2. The van der Waals surface area contributed by atoms with Crippen LogP contribution in [0.1, 0.15) is 18.4 Å². The van der Waals surface area contributed by atoms with Crippen LogP contribution in [0.3, 0.4) is 0 Å². The molecule has 0 atom stereocenters. The van der Waals surface area contributed by atoms with Crippen LogP contribution in [0.25, 0.3) is 0 Å². The van der Waals surface area contributed by atoms with Crippen molar-refractivity contribution in [3.8, 4) is 0 Å². The Morgan fingerprint density at radius 3 is 2.81 bits per heavy atom. The first-order valence-corrected chi connectivity index (χ1v) is 6.78. The molecule has 0 spiro atoms. The van der Waals surface area contributed by atoms with Crippen LogP contribution in [-0.4, -0.2) is 18.5 Å². The third-order valence-electron chi connectivity index (χ3n) is 2.71. The SMILES string of the molecule is NCc1ccc(Cl)cc1SC1CCOCC1. The summed E-state index contributed by atoms with van der Waals surface area (Å²) in [6.45, 7) is 2.31. The minimum atomic E-state index is 0.572. The molecule has 88 valence electrons. The highest BCUT2D eigenvalue weighted by Gasteiger charge is 2.16. The van der Waals surface area contributed by atoms with Crippen LogP contribution in [-0.2, 0) is 11.3 Å². The van der Waals surface area contributed by atoms with Crippen molar-refractivity contribution in [2.24, 2.45) is 5.73 Å². The smallest absolute Gasteiger partial charge is 0.0476 e. The number of ether oxygens (including phenoxy) is 1. The summed E-state index contributed by atoms with van der Waals surface area (Å²) >= 11 is 7.90. The highest BCUT2D eigenvalue weighted by Crippen LogP contribution is 2.33. The molecule has 1 aromatic carbocycles. The Kier molecular flexibility index (Phi) is 4.53. The van der Waals surface area contributed by atoms with Crippen molar-refractivity contribution in [3.05, 3.63) is 28.8 Å². The lowest BCUT2D eigenvalue weighted by Gasteiger charge is -2.22. The van der Waals surface area contributed by atoms with E-state index in [-0.39, 0.29) is 0 Å².